The molecule has 22 heavy (non-hydrogen) atoms. The van der Waals surface area contributed by atoms with Gasteiger partial charge in [-0.2, -0.15) is 5.10 Å². The topological polar surface area (TPSA) is 46.9 Å². The lowest BCUT2D eigenvalue weighted by molar-refractivity contribution is 0.0934. The lowest BCUT2D eigenvalue weighted by Gasteiger charge is -2.14. The standard InChI is InChI=1S/C18H19N3O/c1-12-10-17(20-21(12)3)18(22)19-13(2)15-9-8-14-6-4-5-7-16(14)11-15/h4-11,13H,1-3H3,(H,19,22). The molecule has 1 heterocycles. The molecule has 0 fully saturated rings. The third kappa shape index (κ3) is 2.72. The highest BCUT2D eigenvalue weighted by molar-refractivity contribution is 5.92. The molecular formula is C18H19N3O. The fourth-order valence-electron chi connectivity index (χ4n) is 2.50. The van der Waals surface area contributed by atoms with Crippen LogP contribution in [0.2, 0.25) is 0 Å². The largest absolute Gasteiger partial charge is 0.344 e. The first-order valence-corrected chi connectivity index (χ1v) is 7.35. The van der Waals surface area contributed by atoms with Crippen molar-refractivity contribution in [2.75, 3.05) is 0 Å². The van der Waals surface area contributed by atoms with Crippen molar-refractivity contribution in [3.8, 4) is 0 Å². The fraction of sp³-hybridized carbons (Fsp3) is 0.222. The second-order valence-corrected chi connectivity index (χ2v) is 5.60. The van der Waals surface area contributed by atoms with Crippen molar-refractivity contribution in [3.63, 3.8) is 0 Å². The smallest absolute Gasteiger partial charge is 0.272 e. The van der Waals surface area contributed by atoms with Crippen LogP contribution in [-0.2, 0) is 7.05 Å². The van der Waals surface area contributed by atoms with E-state index in [9.17, 15) is 4.79 Å². The van der Waals surface area contributed by atoms with E-state index in [0.29, 0.717) is 5.69 Å². The molecule has 0 aliphatic carbocycles. The molecule has 1 unspecified atom stereocenters. The van der Waals surface area contributed by atoms with Crippen LogP contribution >= 0.6 is 0 Å². The van der Waals surface area contributed by atoms with Crippen molar-refractivity contribution in [2.45, 2.75) is 19.9 Å². The third-order valence-electron chi connectivity index (χ3n) is 3.97. The van der Waals surface area contributed by atoms with Gasteiger partial charge in [0.15, 0.2) is 0 Å². The second kappa shape index (κ2) is 5.64. The van der Waals surface area contributed by atoms with E-state index in [2.05, 4.69) is 40.7 Å². The van der Waals surface area contributed by atoms with Crippen LogP contribution in [-0.4, -0.2) is 15.7 Å². The molecule has 0 saturated carbocycles. The number of nitrogens with one attached hydrogen (secondary N) is 1. The van der Waals surface area contributed by atoms with Crippen LogP contribution < -0.4 is 5.32 Å². The number of benzene rings is 2. The molecule has 0 bridgehead atoms. The maximum absolute atomic E-state index is 12.3. The first-order chi connectivity index (χ1) is 10.5. The Kier molecular flexibility index (Phi) is 3.67. The van der Waals surface area contributed by atoms with Crippen LogP contribution in [0, 0.1) is 6.92 Å². The van der Waals surface area contributed by atoms with Gasteiger partial charge >= 0.3 is 0 Å². The first kappa shape index (κ1) is 14.3. The minimum absolute atomic E-state index is 0.0700. The molecule has 0 aliphatic rings. The summed E-state index contributed by atoms with van der Waals surface area (Å²) in [6, 6.07) is 16.2. The summed E-state index contributed by atoms with van der Waals surface area (Å²) in [7, 11) is 1.83. The quantitative estimate of drug-likeness (QED) is 0.804. The zero-order chi connectivity index (χ0) is 15.7. The first-order valence-electron chi connectivity index (χ1n) is 7.35. The molecule has 0 radical (unpaired) electrons. The van der Waals surface area contributed by atoms with Crippen molar-refractivity contribution in [1.82, 2.24) is 15.1 Å². The normalized spacial score (nSPS) is 12.3. The van der Waals surface area contributed by atoms with Gasteiger partial charge in [0.25, 0.3) is 5.91 Å². The summed E-state index contributed by atoms with van der Waals surface area (Å²) in [5.41, 5.74) is 2.50. The van der Waals surface area contributed by atoms with Crippen LogP contribution in [0.25, 0.3) is 10.8 Å². The number of aryl methyl sites for hydroxylation is 2. The molecule has 3 rings (SSSR count). The Morgan fingerprint density at radius 2 is 1.86 bits per heavy atom. The Labute approximate surface area is 129 Å². The molecule has 1 aromatic heterocycles. The number of hydrogen-bond donors (Lipinski definition) is 1. The van der Waals surface area contributed by atoms with E-state index < -0.39 is 0 Å². The van der Waals surface area contributed by atoms with Gasteiger partial charge in [-0.25, -0.2) is 0 Å². The molecule has 0 saturated heterocycles. The van der Waals surface area contributed by atoms with E-state index in [0.717, 1.165) is 11.3 Å². The zero-order valence-electron chi connectivity index (χ0n) is 13.0. The van der Waals surface area contributed by atoms with Crippen LogP contribution in [0.15, 0.2) is 48.5 Å². The van der Waals surface area contributed by atoms with Crippen LogP contribution in [0.1, 0.15) is 34.7 Å². The van der Waals surface area contributed by atoms with Crippen molar-refractivity contribution in [3.05, 3.63) is 65.5 Å². The molecule has 112 valence electrons. The molecular weight excluding hydrogens is 274 g/mol. The predicted octanol–water partition coefficient (Wildman–Crippen LogP) is 3.37. The van der Waals surface area contributed by atoms with E-state index in [1.807, 2.05) is 33.0 Å². The molecule has 1 N–H and O–H groups in total. The van der Waals surface area contributed by atoms with E-state index in [1.54, 1.807) is 10.7 Å². The van der Waals surface area contributed by atoms with Gasteiger partial charge in [0.2, 0.25) is 0 Å². The van der Waals surface area contributed by atoms with Gasteiger partial charge in [-0.05, 0) is 42.3 Å². The highest BCUT2D eigenvalue weighted by atomic mass is 16.2. The van der Waals surface area contributed by atoms with Gasteiger partial charge in [0.1, 0.15) is 5.69 Å². The number of amides is 1. The molecule has 4 nitrogen and oxygen atoms in total. The number of hydrogen-bond acceptors (Lipinski definition) is 2. The Morgan fingerprint density at radius 3 is 2.55 bits per heavy atom. The average molecular weight is 293 g/mol. The SMILES string of the molecule is Cc1cc(C(=O)NC(C)c2ccc3ccccc3c2)nn1C. The summed E-state index contributed by atoms with van der Waals surface area (Å²) in [4.78, 5) is 12.3. The van der Waals surface area contributed by atoms with Crippen molar-refractivity contribution in [1.29, 1.82) is 0 Å². The van der Waals surface area contributed by atoms with Gasteiger partial charge < -0.3 is 5.32 Å². The van der Waals surface area contributed by atoms with Gasteiger partial charge in [0, 0.05) is 12.7 Å². The molecule has 4 heteroatoms. The van der Waals surface area contributed by atoms with Crippen LogP contribution in [0.3, 0.4) is 0 Å². The van der Waals surface area contributed by atoms with Gasteiger partial charge in [0.05, 0.1) is 6.04 Å². The highest BCUT2D eigenvalue weighted by Crippen LogP contribution is 2.20. The third-order valence-corrected chi connectivity index (χ3v) is 3.97. The number of carbonyl (C=O) groups excluding carboxylic acids is 1. The number of aromatic nitrogens is 2. The van der Waals surface area contributed by atoms with E-state index in [4.69, 9.17) is 0 Å². The lowest BCUT2D eigenvalue weighted by Crippen LogP contribution is -2.27. The van der Waals surface area contributed by atoms with Gasteiger partial charge in [-0.1, -0.05) is 36.4 Å². The van der Waals surface area contributed by atoms with Crippen molar-refractivity contribution in [2.24, 2.45) is 7.05 Å². The predicted molar refractivity (Wildman–Crippen MR) is 87.8 cm³/mol. The molecule has 1 amide bonds. The number of nitrogens with zero attached hydrogens (tertiary/aromatic N) is 2. The molecule has 1 atom stereocenters. The molecule has 0 spiro atoms. The number of rotatable bonds is 3. The zero-order valence-corrected chi connectivity index (χ0v) is 13.0. The van der Waals surface area contributed by atoms with Crippen LogP contribution in [0.4, 0.5) is 0 Å². The molecule has 2 aromatic carbocycles. The molecule has 3 aromatic rings. The van der Waals surface area contributed by atoms with Crippen molar-refractivity contribution >= 4 is 16.7 Å². The Morgan fingerprint density at radius 1 is 1.14 bits per heavy atom. The monoisotopic (exact) mass is 293 g/mol. The second-order valence-electron chi connectivity index (χ2n) is 5.60. The van der Waals surface area contributed by atoms with E-state index >= 15 is 0 Å². The maximum Gasteiger partial charge on any atom is 0.272 e. The van der Waals surface area contributed by atoms with Gasteiger partial charge in [-0.3, -0.25) is 9.48 Å². The Bertz CT molecular complexity index is 816. The average Bonchev–Trinajstić information content (AvgIpc) is 2.86. The van der Waals surface area contributed by atoms with Crippen molar-refractivity contribution < 1.29 is 4.79 Å². The summed E-state index contributed by atoms with van der Waals surface area (Å²) >= 11 is 0. The summed E-state index contributed by atoms with van der Waals surface area (Å²) in [5.74, 6) is -0.149. The van der Waals surface area contributed by atoms with Gasteiger partial charge in [-0.15, -0.1) is 0 Å². The highest BCUT2D eigenvalue weighted by Gasteiger charge is 2.15. The lowest BCUT2D eigenvalue weighted by atomic mass is 10.0. The maximum atomic E-state index is 12.3. The Hall–Kier alpha value is -2.62. The minimum atomic E-state index is -0.149. The van der Waals surface area contributed by atoms with Crippen LogP contribution in [0.5, 0.6) is 0 Å². The summed E-state index contributed by atoms with van der Waals surface area (Å²) in [6.07, 6.45) is 0. The summed E-state index contributed by atoms with van der Waals surface area (Å²) in [5, 5.41) is 9.59. The summed E-state index contributed by atoms with van der Waals surface area (Å²) < 4.78 is 1.70. The Balaban J connectivity index is 1.80. The number of fused-ring (bicyclic) bond motifs is 1. The van der Waals surface area contributed by atoms with E-state index in [1.165, 1.54) is 10.8 Å². The fourth-order valence-corrected chi connectivity index (χ4v) is 2.50. The summed E-state index contributed by atoms with van der Waals surface area (Å²) in [6.45, 7) is 3.91. The van der Waals surface area contributed by atoms with E-state index in [-0.39, 0.29) is 11.9 Å². The minimum Gasteiger partial charge on any atom is -0.344 e. The number of carbonyl (C=O) groups is 1. The molecule has 0 aliphatic heterocycles.